The van der Waals surface area contributed by atoms with E-state index in [1.165, 1.54) is 48.6 Å². The van der Waals surface area contributed by atoms with Gasteiger partial charge in [0.05, 0.1) is 18.8 Å². The quantitative estimate of drug-likeness (QED) is 0.188. The van der Waals surface area contributed by atoms with E-state index in [1.54, 1.807) is 0 Å². The van der Waals surface area contributed by atoms with Gasteiger partial charge in [-0.25, -0.2) is 9.18 Å². The second kappa shape index (κ2) is 14.6. The molecule has 4 aromatic carbocycles. The lowest BCUT2D eigenvalue weighted by atomic mass is 9.84. The number of anilines is 1. The number of halogens is 1. The minimum Gasteiger partial charge on any atom is -0.488 e. The van der Waals surface area contributed by atoms with E-state index in [4.69, 9.17) is 15.2 Å². The predicted octanol–water partition coefficient (Wildman–Crippen LogP) is 7.30. The maximum absolute atomic E-state index is 15.8. The monoisotopic (exact) mass is 580 g/mol. The van der Waals surface area contributed by atoms with Crippen LogP contribution in [0.3, 0.4) is 0 Å². The largest absolute Gasteiger partial charge is 0.488 e. The Balaban J connectivity index is 1.42. The molecule has 1 saturated carbocycles. The molecule has 222 valence electrons. The van der Waals surface area contributed by atoms with Crippen molar-refractivity contribution >= 4 is 17.6 Å². The number of carbonyl (C=O) groups excluding carboxylic acids is 2. The van der Waals surface area contributed by atoms with E-state index in [9.17, 15) is 9.59 Å². The van der Waals surface area contributed by atoms with Gasteiger partial charge in [-0.3, -0.25) is 4.79 Å². The van der Waals surface area contributed by atoms with Crippen LogP contribution in [0.1, 0.15) is 70.6 Å². The normalized spacial score (nSPS) is 13.3. The van der Waals surface area contributed by atoms with Crippen molar-refractivity contribution in [2.24, 2.45) is 5.73 Å². The number of nitrogens with zero attached hydrogens (tertiary/aromatic N) is 1. The third-order valence-corrected chi connectivity index (χ3v) is 7.88. The highest BCUT2D eigenvalue weighted by Crippen LogP contribution is 2.34. The first kappa shape index (κ1) is 30.0. The van der Waals surface area contributed by atoms with Crippen molar-refractivity contribution in [3.8, 4) is 5.75 Å². The molecule has 0 unspecified atom stereocenters. The number of ether oxygens (including phenoxy) is 2. The smallest absolute Gasteiger partial charge is 0.342 e. The number of carbonyl (C=O) groups is 2. The van der Waals surface area contributed by atoms with Gasteiger partial charge in [0.15, 0.2) is 0 Å². The molecule has 0 atom stereocenters. The van der Waals surface area contributed by atoms with Gasteiger partial charge < -0.3 is 20.1 Å². The minimum absolute atomic E-state index is 0.0190. The van der Waals surface area contributed by atoms with Crippen LogP contribution in [0.2, 0.25) is 0 Å². The van der Waals surface area contributed by atoms with Crippen molar-refractivity contribution in [3.05, 3.63) is 131 Å². The molecule has 4 aromatic rings. The zero-order valence-electron chi connectivity index (χ0n) is 24.2. The van der Waals surface area contributed by atoms with Crippen molar-refractivity contribution in [1.82, 2.24) is 0 Å². The number of amides is 1. The van der Waals surface area contributed by atoms with Gasteiger partial charge in [0.2, 0.25) is 5.91 Å². The van der Waals surface area contributed by atoms with Gasteiger partial charge in [-0.1, -0.05) is 104 Å². The Labute approximate surface area is 252 Å². The second-order valence-corrected chi connectivity index (χ2v) is 10.9. The Morgan fingerprint density at radius 1 is 0.791 bits per heavy atom. The minimum atomic E-state index is -0.751. The number of hydrogen-bond donors (Lipinski definition) is 1. The average Bonchev–Trinajstić information content (AvgIpc) is 3.07. The molecular weight excluding hydrogens is 543 g/mol. The van der Waals surface area contributed by atoms with Crippen LogP contribution in [0.25, 0.3) is 0 Å². The van der Waals surface area contributed by atoms with E-state index in [0.717, 1.165) is 22.8 Å². The fourth-order valence-electron chi connectivity index (χ4n) is 5.50. The van der Waals surface area contributed by atoms with Gasteiger partial charge in [0.25, 0.3) is 0 Å². The number of rotatable bonds is 11. The lowest BCUT2D eigenvalue weighted by Crippen LogP contribution is -2.36. The van der Waals surface area contributed by atoms with E-state index in [2.05, 4.69) is 12.1 Å². The zero-order valence-corrected chi connectivity index (χ0v) is 24.2. The molecule has 0 radical (unpaired) electrons. The van der Waals surface area contributed by atoms with Crippen molar-refractivity contribution in [2.75, 3.05) is 11.4 Å². The molecule has 0 bridgehead atoms. The Kier molecular flexibility index (Phi) is 10.2. The van der Waals surface area contributed by atoms with E-state index < -0.39 is 17.7 Å². The zero-order chi connectivity index (χ0) is 30.0. The Hall–Kier alpha value is -4.49. The summed E-state index contributed by atoms with van der Waals surface area (Å²) in [4.78, 5) is 27.5. The molecule has 1 aliphatic rings. The first-order chi connectivity index (χ1) is 21.0. The molecule has 1 aliphatic carbocycles. The fourth-order valence-corrected chi connectivity index (χ4v) is 5.50. The van der Waals surface area contributed by atoms with E-state index in [-0.39, 0.29) is 43.3 Å². The predicted molar refractivity (Wildman–Crippen MR) is 165 cm³/mol. The van der Waals surface area contributed by atoms with Gasteiger partial charge in [-0.05, 0) is 47.1 Å². The summed E-state index contributed by atoms with van der Waals surface area (Å²) in [6, 6.07) is 29.3. The van der Waals surface area contributed by atoms with Crippen molar-refractivity contribution in [3.63, 3.8) is 0 Å². The number of hydrogen-bond acceptors (Lipinski definition) is 5. The lowest BCUT2D eigenvalue weighted by Gasteiger charge is -2.25. The van der Waals surface area contributed by atoms with Crippen LogP contribution in [-0.4, -0.2) is 18.4 Å². The second-order valence-electron chi connectivity index (χ2n) is 10.9. The summed E-state index contributed by atoms with van der Waals surface area (Å²) in [5.74, 6) is -1.27. The molecule has 5 rings (SSSR count). The van der Waals surface area contributed by atoms with Gasteiger partial charge in [0, 0.05) is 6.07 Å². The summed E-state index contributed by atoms with van der Waals surface area (Å²) in [5, 5.41) is 0. The molecular formula is C36H37FN2O4. The topological polar surface area (TPSA) is 81.9 Å². The van der Waals surface area contributed by atoms with Crippen LogP contribution in [0, 0.1) is 5.82 Å². The summed E-state index contributed by atoms with van der Waals surface area (Å²) < 4.78 is 27.3. The summed E-state index contributed by atoms with van der Waals surface area (Å²) in [5.41, 5.74) is 9.48. The molecule has 1 fully saturated rings. The Bertz CT molecular complexity index is 1500. The number of esters is 1. The first-order valence-corrected chi connectivity index (χ1v) is 14.8. The Morgan fingerprint density at radius 2 is 1.42 bits per heavy atom. The van der Waals surface area contributed by atoms with E-state index in [0.29, 0.717) is 5.92 Å². The average molecular weight is 581 g/mol. The van der Waals surface area contributed by atoms with Gasteiger partial charge in [-0.15, -0.1) is 0 Å². The molecule has 0 spiro atoms. The van der Waals surface area contributed by atoms with E-state index in [1.807, 2.05) is 72.8 Å². The standard InChI is InChI=1S/C36H37FN2O4/c37-32-20-31(36(41)43-25-28-12-6-2-7-13-28)34(42-24-27-10-4-1-5-11-27)21-33(32)39(35(40)22-38)23-26-16-18-30(19-17-26)29-14-8-3-9-15-29/h1-2,4-7,10-13,16-21,29H,3,8-9,14-15,22-25,38H2. The Morgan fingerprint density at radius 3 is 2.05 bits per heavy atom. The highest BCUT2D eigenvalue weighted by atomic mass is 19.1. The summed E-state index contributed by atoms with van der Waals surface area (Å²) in [6.07, 6.45) is 6.16. The SMILES string of the molecule is NCC(=O)N(Cc1ccc(C2CCCCC2)cc1)c1cc(OCc2ccccc2)c(C(=O)OCc2ccccc2)cc1F. The molecule has 0 aromatic heterocycles. The first-order valence-electron chi connectivity index (χ1n) is 14.8. The number of benzene rings is 4. The van der Waals surface area contributed by atoms with Crippen LogP contribution >= 0.6 is 0 Å². The maximum atomic E-state index is 15.8. The third kappa shape index (κ3) is 7.87. The van der Waals surface area contributed by atoms with Gasteiger partial charge in [0.1, 0.15) is 30.3 Å². The van der Waals surface area contributed by atoms with Gasteiger partial charge in [-0.2, -0.15) is 0 Å². The third-order valence-electron chi connectivity index (χ3n) is 7.88. The lowest BCUT2D eigenvalue weighted by molar-refractivity contribution is -0.117. The van der Waals surface area contributed by atoms with Crippen LogP contribution < -0.4 is 15.4 Å². The molecule has 0 aliphatic heterocycles. The highest BCUT2D eigenvalue weighted by molar-refractivity contribution is 5.97. The molecule has 43 heavy (non-hydrogen) atoms. The summed E-state index contributed by atoms with van der Waals surface area (Å²) >= 11 is 0. The van der Waals surface area contributed by atoms with Crippen LogP contribution in [-0.2, 0) is 29.3 Å². The van der Waals surface area contributed by atoms with Crippen molar-refractivity contribution in [2.45, 2.75) is 57.8 Å². The van der Waals surface area contributed by atoms with Gasteiger partial charge >= 0.3 is 5.97 Å². The van der Waals surface area contributed by atoms with Crippen molar-refractivity contribution in [1.29, 1.82) is 0 Å². The fraction of sp³-hybridized carbons (Fsp3) is 0.278. The van der Waals surface area contributed by atoms with Crippen LogP contribution in [0.4, 0.5) is 10.1 Å². The number of nitrogens with two attached hydrogens (primary N) is 1. The molecule has 1 amide bonds. The van der Waals surface area contributed by atoms with Crippen molar-refractivity contribution < 1.29 is 23.5 Å². The summed E-state index contributed by atoms with van der Waals surface area (Å²) in [6.45, 7) is -0.0252. The van der Waals surface area contributed by atoms with Crippen LogP contribution in [0.15, 0.2) is 97.1 Å². The van der Waals surface area contributed by atoms with Crippen LogP contribution in [0.5, 0.6) is 5.75 Å². The van der Waals surface area contributed by atoms with E-state index >= 15 is 4.39 Å². The highest BCUT2D eigenvalue weighted by Gasteiger charge is 2.25. The molecule has 0 saturated heterocycles. The summed E-state index contributed by atoms with van der Waals surface area (Å²) in [7, 11) is 0. The molecule has 0 heterocycles. The molecule has 2 N–H and O–H groups in total. The molecule has 7 heteroatoms. The maximum Gasteiger partial charge on any atom is 0.342 e. The molecule has 6 nitrogen and oxygen atoms in total.